The van der Waals surface area contributed by atoms with E-state index in [4.69, 9.17) is 5.73 Å². The van der Waals surface area contributed by atoms with Crippen LogP contribution in [0.2, 0.25) is 0 Å². The summed E-state index contributed by atoms with van der Waals surface area (Å²) in [7, 11) is 0. The zero-order valence-electron chi connectivity index (χ0n) is 13.1. The predicted molar refractivity (Wildman–Crippen MR) is 97.0 cm³/mol. The number of nitrogens with two attached hydrogens (primary N) is 1. The molecule has 0 bridgehead atoms. The SMILES string of the molecule is CC(Nc1ccc(NC(=O)C2(N)CC2)cc1)c1ccccc1.Cl. The van der Waals surface area contributed by atoms with Gasteiger partial charge in [-0.25, -0.2) is 0 Å². The summed E-state index contributed by atoms with van der Waals surface area (Å²) in [6.45, 7) is 2.12. The molecule has 0 saturated heterocycles. The van der Waals surface area contributed by atoms with E-state index in [0.717, 1.165) is 24.2 Å². The average molecular weight is 332 g/mol. The van der Waals surface area contributed by atoms with E-state index in [0.29, 0.717) is 0 Å². The first-order chi connectivity index (χ1) is 10.6. The van der Waals surface area contributed by atoms with E-state index >= 15 is 0 Å². The number of carbonyl (C=O) groups is 1. The Balaban J connectivity index is 0.00000192. The van der Waals surface area contributed by atoms with Gasteiger partial charge in [0.25, 0.3) is 0 Å². The van der Waals surface area contributed by atoms with Crippen LogP contribution in [0.5, 0.6) is 0 Å². The van der Waals surface area contributed by atoms with E-state index in [1.54, 1.807) is 0 Å². The summed E-state index contributed by atoms with van der Waals surface area (Å²) in [5.41, 5.74) is 8.26. The van der Waals surface area contributed by atoms with Crippen molar-refractivity contribution in [3.8, 4) is 0 Å². The van der Waals surface area contributed by atoms with Gasteiger partial charge in [0, 0.05) is 17.4 Å². The molecule has 2 aromatic carbocycles. The monoisotopic (exact) mass is 331 g/mol. The maximum atomic E-state index is 11.9. The van der Waals surface area contributed by atoms with E-state index in [9.17, 15) is 4.79 Å². The van der Waals surface area contributed by atoms with Gasteiger partial charge in [0.05, 0.1) is 5.54 Å². The van der Waals surface area contributed by atoms with Crippen LogP contribution in [0, 0.1) is 0 Å². The molecule has 1 fully saturated rings. The van der Waals surface area contributed by atoms with Crippen LogP contribution in [-0.4, -0.2) is 11.4 Å². The Morgan fingerprint density at radius 1 is 1.04 bits per heavy atom. The van der Waals surface area contributed by atoms with Crippen molar-refractivity contribution in [1.29, 1.82) is 0 Å². The van der Waals surface area contributed by atoms with Crippen LogP contribution in [0.15, 0.2) is 54.6 Å². The van der Waals surface area contributed by atoms with Gasteiger partial charge in [-0.2, -0.15) is 0 Å². The van der Waals surface area contributed by atoms with Crippen molar-refractivity contribution in [2.24, 2.45) is 5.73 Å². The standard InChI is InChI=1S/C18H21N3O.ClH/c1-13(14-5-3-2-4-6-14)20-15-7-9-16(10-8-15)21-17(22)18(19)11-12-18;/h2-10,13,20H,11-12,19H2,1H3,(H,21,22);1H. The number of halogens is 1. The molecule has 2 aromatic rings. The maximum Gasteiger partial charge on any atom is 0.244 e. The van der Waals surface area contributed by atoms with Crippen LogP contribution in [-0.2, 0) is 4.79 Å². The summed E-state index contributed by atoms with van der Waals surface area (Å²) in [5.74, 6) is -0.0918. The number of hydrogen-bond donors (Lipinski definition) is 3. The Hall–Kier alpha value is -2.04. The summed E-state index contributed by atoms with van der Waals surface area (Å²) in [6, 6.07) is 18.2. The van der Waals surface area contributed by atoms with Gasteiger partial charge in [0.2, 0.25) is 5.91 Å². The largest absolute Gasteiger partial charge is 0.379 e. The Bertz CT molecular complexity index is 654. The van der Waals surface area contributed by atoms with Crippen LogP contribution in [0.25, 0.3) is 0 Å². The Morgan fingerprint density at radius 3 is 2.17 bits per heavy atom. The summed E-state index contributed by atoms with van der Waals surface area (Å²) >= 11 is 0. The summed E-state index contributed by atoms with van der Waals surface area (Å²) < 4.78 is 0. The average Bonchev–Trinajstić information content (AvgIpc) is 3.29. The molecule has 4 N–H and O–H groups in total. The Kier molecular flexibility index (Phi) is 5.29. The Labute approximate surface area is 142 Å². The molecule has 122 valence electrons. The third kappa shape index (κ3) is 4.24. The first kappa shape index (κ1) is 17.3. The molecule has 5 heteroatoms. The van der Waals surface area contributed by atoms with Crippen molar-refractivity contribution in [3.05, 3.63) is 60.2 Å². The fraction of sp³-hybridized carbons (Fsp3) is 0.278. The van der Waals surface area contributed by atoms with E-state index in [-0.39, 0.29) is 24.4 Å². The molecule has 1 aliphatic carbocycles. The van der Waals surface area contributed by atoms with Gasteiger partial charge < -0.3 is 16.4 Å². The molecule has 4 nitrogen and oxygen atoms in total. The molecule has 0 spiro atoms. The highest BCUT2D eigenvalue weighted by molar-refractivity contribution is 6.00. The highest BCUT2D eigenvalue weighted by Gasteiger charge is 2.45. The fourth-order valence-electron chi connectivity index (χ4n) is 2.34. The molecule has 0 radical (unpaired) electrons. The molecule has 1 amide bonds. The van der Waals surface area contributed by atoms with Crippen LogP contribution < -0.4 is 16.4 Å². The third-order valence-electron chi connectivity index (χ3n) is 4.07. The van der Waals surface area contributed by atoms with E-state index in [2.05, 4.69) is 29.7 Å². The molecule has 3 rings (SSSR count). The Morgan fingerprint density at radius 2 is 1.61 bits per heavy atom. The molecule has 0 heterocycles. The topological polar surface area (TPSA) is 67.1 Å². The van der Waals surface area contributed by atoms with E-state index in [1.807, 2.05) is 42.5 Å². The first-order valence-corrected chi connectivity index (χ1v) is 7.59. The van der Waals surface area contributed by atoms with Gasteiger partial charge in [-0.3, -0.25) is 4.79 Å². The molecule has 0 aliphatic heterocycles. The minimum atomic E-state index is -0.640. The van der Waals surface area contributed by atoms with E-state index < -0.39 is 5.54 Å². The van der Waals surface area contributed by atoms with Gasteiger partial charge in [-0.05, 0) is 49.6 Å². The summed E-state index contributed by atoms with van der Waals surface area (Å²) in [5, 5.41) is 6.31. The third-order valence-corrected chi connectivity index (χ3v) is 4.07. The lowest BCUT2D eigenvalue weighted by molar-refractivity contribution is -0.118. The zero-order valence-corrected chi connectivity index (χ0v) is 13.9. The van der Waals surface area contributed by atoms with Gasteiger partial charge in [0.15, 0.2) is 0 Å². The van der Waals surface area contributed by atoms with Crippen LogP contribution >= 0.6 is 12.4 Å². The van der Waals surface area contributed by atoms with Crippen LogP contribution in [0.4, 0.5) is 11.4 Å². The number of nitrogens with one attached hydrogen (secondary N) is 2. The van der Waals surface area contributed by atoms with Crippen molar-refractivity contribution < 1.29 is 4.79 Å². The molecule has 1 atom stereocenters. The number of benzene rings is 2. The lowest BCUT2D eigenvalue weighted by Crippen LogP contribution is -2.37. The van der Waals surface area contributed by atoms with Crippen molar-refractivity contribution >= 4 is 29.7 Å². The number of anilines is 2. The molecule has 1 aliphatic rings. The van der Waals surface area contributed by atoms with Gasteiger partial charge in [-0.1, -0.05) is 30.3 Å². The smallest absolute Gasteiger partial charge is 0.244 e. The second-order valence-electron chi connectivity index (χ2n) is 5.96. The summed E-state index contributed by atoms with van der Waals surface area (Å²) in [6.07, 6.45) is 1.54. The highest BCUT2D eigenvalue weighted by Crippen LogP contribution is 2.33. The second-order valence-corrected chi connectivity index (χ2v) is 5.96. The lowest BCUT2D eigenvalue weighted by Gasteiger charge is -2.16. The van der Waals surface area contributed by atoms with Gasteiger partial charge >= 0.3 is 0 Å². The molecule has 1 saturated carbocycles. The van der Waals surface area contributed by atoms with Crippen molar-refractivity contribution in [1.82, 2.24) is 0 Å². The molecular weight excluding hydrogens is 310 g/mol. The van der Waals surface area contributed by atoms with Gasteiger partial charge in [-0.15, -0.1) is 12.4 Å². The number of hydrogen-bond acceptors (Lipinski definition) is 3. The fourth-order valence-corrected chi connectivity index (χ4v) is 2.34. The second kappa shape index (κ2) is 7.02. The normalized spacial score (nSPS) is 15.9. The number of amides is 1. The number of carbonyl (C=O) groups excluding carboxylic acids is 1. The molecular formula is C18H22ClN3O. The quantitative estimate of drug-likeness (QED) is 0.782. The maximum absolute atomic E-state index is 11.9. The number of rotatable bonds is 5. The van der Waals surface area contributed by atoms with Crippen LogP contribution in [0.3, 0.4) is 0 Å². The zero-order chi connectivity index (χ0) is 15.6. The molecule has 1 unspecified atom stereocenters. The summed E-state index contributed by atoms with van der Waals surface area (Å²) in [4.78, 5) is 11.9. The minimum absolute atomic E-state index is 0. The lowest BCUT2D eigenvalue weighted by atomic mass is 10.1. The van der Waals surface area contributed by atoms with Crippen molar-refractivity contribution in [2.75, 3.05) is 10.6 Å². The van der Waals surface area contributed by atoms with E-state index in [1.165, 1.54) is 5.56 Å². The predicted octanol–water partition coefficient (Wildman–Crippen LogP) is 3.71. The van der Waals surface area contributed by atoms with Crippen molar-refractivity contribution in [3.63, 3.8) is 0 Å². The van der Waals surface area contributed by atoms with Crippen LogP contribution in [0.1, 0.15) is 31.4 Å². The first-order valence-electron chi connectivity index (χ1n) is 7.59. The minimum Gasteiger partial charge on any atom is -0.379 e. The molecule has 0 aromatic heterocycles. The molecule has 23 heavy (non-hydrogen) atoms. The highest BCUT2D eigenvalue weighted by atomic mass is 35.5. The van der Waals surface area contributed by atoms with Gasteiger partial charge in [0.1, 0.15) is 0 Å². The van der Waals surface area contributed by atoms with Crippen molar-refractivity contribution in [2.45, 2.75) is 31.3 Å².